The molecule has 7 nitrogen and oxygen atoms in total. The molecule has 0 saturated heterocycles. The predicted octanol–water partition coefficient (Wildman–Crippen LogP) is 2.71. The van der Waals surface area contributed by atoms with Gasteiger partial charge in [-0.1, -0.05) is 30.3 Å². The van der Waals surface area contributed by atoms with Gasteiger partial charge >= 0.3 is 0 Å². The Labute approximate surface area is 170 Å². The van der Waals surface area contributed by atoms with Crippen molar-refractivity contribution in [3.8, 4) is 0 Å². The van der Waals surface area contributed by atoms with E-state index in [1.54, 1.807) is 29.8 Å². The summed E-state index contributed by atoms with van der Waals surface area (Å²) in [6.45, 7) is 3.66. The molecule has 1 aliphatic heterocycles. The van der Waals surface area contributed by atoms with Gasteiger partial charge in [-0.2, -0.15) is 0 Å². The molecule has 1 aliphatic rings. The van der Waals surface area contributed by atoms with Crippen molar-refractivity contribution in [3.05, 3.63) is 54.6 Å². The number of likely N-dealkylation sites (N-methyl/N-ethyl adjacent to an activating group) is 1. The molecule has 0 bridgehead atoms. The summed E-state index contributed by atoms with van der Waals surface area (Å²) in [5.74, 6) is -0.472. The molecular formula is C22H26N4O3. The van der Waals surface area contributed by atoms with Crippen LogP contribution in [0.5, 0.6) is 0 Å². The Morgan fingerprint density at radius 1 is 1.17 bits per heavy atom. The van der Waals surface area contributed by atoms with Gasteiger partial charge in [-0.25, -0.2) is 0 Å². The van der Waals surface area contributed by atoms with Crippen LogP contribution in [0.25, 0.3) is 0 Å². The molecule has 2 atom stereocenters. The lowest BCUT2D eigenvalue weighted by Gasteiger charge is -2.31. The zero-order chi connectivity index (χ0) is 21.0. The van der Waals surface area contributed by atoms with Gasteiger partial charge in [0.2, 0.25) is 17.7 Å². The first-order valence-electron chi connectivity index (χ1n) is 9.64. The smallest absolute Gasteiger partial charge is 0.241 e. The average Bonchev–Trinajstić information content (AvgIpc) is 2.82. The Kier molecular flexibility index (Phi) is 6.29. The Hall–Kier alpha value is -3.19. The number of nitrogens with one attached hydrogen (secondary N) is 2. The number of nitrogens with zero attached hydrogens (tertiary/aromatic N) is 2. The minimum Gasteiger partial charge on any atom is -0.325 e. The van der Waals surface area contributed by atoms with Crippen LogP contribution in [0.2, 0.25) is 0 Å². The summed E-state index contributed by atoms with van der Waals surface area (Å²) in [7, 11) is 1.74. The maximum absolute atomic E-state index is 13.1. The van der Waals surface area contributed by atoms with E-state index >= 15 is 0 Å². The Morgan fingerprint density at radius 2 is 1.83 bits per heavy atom. The van der Waals surface area contributed by atoms with Gasteiger partial charge in [-0.3, -0.25) is 19.3 Å². The van der Waals surface area contributed by atoms with Gasteiger partial charge in [0.25, 0.3) is 0 Å². The number of carbonyl (C=O) groups excluding carboxylic acids is 3. The quantitative estimate of drug-likeness (QED) is 0.817. The average molecular weight is 394 g/mol. The first-order chi connectivity index (χ1) is 13.9. The van der Waals surface area contributed by atoms with Crippen LogP contribution < -0.4 is 15.5 Å². The predicted molar refractivity (Wildman–Crippen MR) is 114 cm³/mol. The van der Waals surface area contributed by atoms with E-state index < -0.39 is 6.04 Å². The van der Waals surface area contributed by atoms with Crippen LogP contribution in [0.1, 0.15) is 20.3 Å². The zero-order valence-corrected chi connectivity index (χ0v) is 16.9. The Bertz CT molecular complexity index is 900. The van der Waals surface area contributed by atoms with Crippen molar-refractivity contribution in [3.63, 3.8) is 0 Å². The van der Waals surface area contributed by atoms with Crippen LogP contribution in [0, 0.1) is 0 Å². The van der Waals surface area contributed by atoms with Crippen LogP contribution in [0.3, 0.4) is 0 Å². The number of fused-ring (bicyclic) bond motifs is 1. The first kappa shape index (κ1) is 20.5. The van der Waals surface area contributed by atoms with Crippen LogP contribution in [0.4, 0.5) is 17.1 Å². The Balaban J connectivity index is 1.71. The first-order valence-corrected chi connectivity index (χ1v) is 9.64. The fourth-order valence-corrected chi connectivity index (χ4v) is 3.36. The maximum atomic E-state index is 13.1. The minimum atomic E-state index is -0.503. The van der Waals surface area contributed by atoms with E-state index in [9.17, 15) is 14.4 Å². The number of hydrogen-bond donors (Lipinski definition) is 2. The standard InChI is InChI=1S/C22H26N4O3/c1-15-13-20(27)24-18-11-7-8-12-19(18)26(15)21(28)14-25(3)16(2)22(29)23-17-9-5-4-6-10-17/h4-12,15-16H,13-14H2,1-3H3,(H,23,29)(H,24,27)/t15-,16-/m0/s1. The molecular weight excluding hydrogens is 368 g/mol. The zero-order valence-electron chi connectivity index (χ0n) is 16.9. The van der Waals surface area contributed by atoms with Crippen molar-refractivity contribution in [2.24, 2.45) is 0 Å². The number of amides is 3. The summed E-state index contributed by atoms with van der Waals surface area (Å²) >= 11 is 0. The summed E-state index contributed by atoms with van der Waals surface area (Å²) in [4.78, 5) is 41.1. The molecule has 1 heterocycles. The molecule has 0 fully saturated rings. The van der Waals surface area contributed by atoms with Crippen LogP contribution in [-0.4, -0.2) is 48.3 Å². The topological polar surface area (TPSA) is 81.8 Å². The minimum absolute atomic E-state index is 0.0518. The van der Waals surface area contributed by atoms with Crippen molar-refractivity contribution >= 4 is 34.8 Å². The molecule has 2 aromatic carbocycles. The molecule has 0 unspecified atom stereocenters. The van der Waals surface area contributed by atoms with Gasteiger partial charge in [0.05, 0.1) is 24.0 Å². The molecule has 3 rings (SSSR count). The second-order valence-corrected chi connectivity index (χ2v) is 7.33. The van der Waals surface area contributed by atoms with Crippen molar-refractivity contribution in [2.75, 3.05) is 29.1 Å². The second-order valence-electron chi connectivity index (χ2n) is 7.33. The van der Waals surface area contributed by atoms with E-state index in [1.165, 1.54) is 0 Å². The lowest BCUT2D eigenvalue weighted by atomic mass is 10.1. The van der Waals surface area contributed by atoms with Gasteiger partial charge in [0, 0.05) is 18.2 Å². The number of benzene rings is 2. The number of para-hydroxylation sites is 3. The van der Waals surface area contributed by atoms with Crippen LogP contribution in [-0.2, 0) is 14.4 Å². The van der Waals surface area contributed by atoms with E-state index in [2.05, 4.69) is 10.6 Å². The van der Waals surface area contributed by atoms with Gasteiger partial charge in [0.1, 0.15) is 0 Å². The summed E-state index contributed by atoms with van der Waals surface area (Å²) in [5, 5.41) is 5.70. The van der Waals surface area contributed by atoms with Crippen LogP contribution in [0.15, 0.2) is 54.6 Å². The maximum Gasteiger partial charge on any atom is 0.241 e. The summed E-state index contributed by atoms with van der Waals surface area (Å²) < 4.78 is 0. The molecule has 0 aromatic heterocycles. The summed E-state index contributed by atoms with van der Waals surface area (Å²) in [6, 6.07) is 15.7. The fraction of sp³-hybridized carbons (Fsp3) is 0.318. The summed E-state index contributed by atoms with van der Waals surface area (Å²) in [6.07, 6.45) is 0.216. The van der Waals surface area contributed by atoms with Crippen molar-refractivity contribution in [1.82, 2.24) is 4.90 Å². The lowest BCUT2D eigenvalue weighted by Crippen LogP contribution is -2.48. The SMILES string of the molecule is C[C@@H](C(=O)Nc1ccccc1)N(C)CC(=O)N1c2ccccc2NC(=O)C[C@@H]1C. The molecule has 0 radical (unpaired) electrons. The van der Waals surface area contributed by atoms with Gasteiger partial charge in [0.15, 0.2) is 0 Å². The molecule has 0 aliphatic carbocycles. The molecule has 3 amide bonds. The van der Waals surface area contributed by atoms with Gasteiger partial charge in [-0.05, 0) is 45.2 Å². The third-order valence-corrected chi connectivity index (χ3v) is 5.09. The molecule has 29 heavy (non-hydrogen) atoms. The van der Waals surface area contributed by atoms with Gasteiger partial charge < -0.3 is 15.5 Å². The van der Waals surface area contributed by atoms with Crippen molar-refractivity contribution < 1.29 is 14.4 Å². The molecule has 2 N–H and O–H groups in total. The van der Waals surface area contributed by atoms with E-state index in [-0.39, 0.29) is 36.7 Å². The highest BCUT2D eigenvalue weighted by Gasteiger charge is 2.31. The molecule has 2 aromatic rings. The molecule has 0 saturated carbocycles. The molecule has 152 valence electrons. The number of rotatable bonds is 5. The highest BCUT2D eigenvalue weighted by molar-refractivity contribution is 6.05. The van der Waals surface area contributed by atoms with Gasteiger partial charge in [-0.15, -0.1) is 0 Å². The van der Waals surface area contributed by atoms with E-state index in [1.807, 2.05) is 55.5 Å². The van der Waals surface area contributed by atoms with E-state index in [0.29, 0.717) is 17.1 Å². The number of anilines is 3. The third kappa shape index (κ3) is 4.81. The van der Waals surface area contributed by atoms with Crippen LogP contribution >= 0.6 is 0 Å². The largest absolute Gasteiger partial charge is 0.325 e. The summed E-state index contributed by atoms with van der Waals surface area (Å²) in [5.41, 5.74) is 2.00. The normalized spacial score (nSPS) is 17.2. The lowest BCUT2D eigenvalue weighted by molar-refractivity contribution is -0.123. The monoisotopic (exact) mass is 394 g/mol. The highest BCUT2D eigenvalue weighted by Crippen LogP contribution is 2.31. The van der Waals surface area contributed by atoms with Crippen molar-refractivity contribution in [1.29, 1.82) is 0 Å². The second kappa shape index (κ2) is 8.87. The Morgan fingerprint density at radius 3 is 2.55 bits per heavy atom. The van der Waals surface area contributed by atoms with Crippen molar-refractivity contribution in [2.45, 2.75) is 32.4 Å². The fourth-order valence-electron chi connectivity index (χ4n) is 3.36. The van der Waals surface area contributed by atoms with E-state index in [0.717, 1.165) is 0 Å². The number of hydrogen-bond acceptors (Lipinski definition) is 4. The molecule has 7 heteroatoms. The van der Waals surface area contributed by atoms with E-state index in [4.69, 9.17) is 0 Å². The highest BCUT2D eigenvalue weighted by atomic mass is 16.2. The number of carbonyl (C=O) groups is 3. The third-order valence-electron chi connectivity index (χ3n) is 5.09. The molecule has 0 spiro atoms.